The number of carbonyl (C=O) groups is 1. The number of benzene rings is 2. The summed E-state index contributed by atoms with van der Waals surface area (Å²) in [5, 5.41) is 0.639. The van der Waals surface area contributed by atoms with E-state index in [0.717, 1.165) is 5.56 Å². The molecule has 0 fully saturated rings. The van der Waals surface area contributed by atoms with E-state index in [1.54, 1.807) is 48.5 Å². The molecule has 0 aromatic heterocycles. The Balaban J connectivity index is 1.94. The van der Waals surface area contributed by atoms with Crippen LogP contribution in [0.3, 0.4) is 0 Å². The molecule has 2 aromatic rings. The fraction of sp³-hybridized carbons (Fsp3) is 0. The van der Waals surface area contributed by atoms with Crippen LogP contribution in [-0.4, -0.2) is 5.97 Å². The third-order valence-corrected chi connectivity index (χ3v) is 2.89. The number of fused-ring (bicyclic) bond motifs is 1. The Morgan fingerprint density at radius 2 is 1.53 bits per heavy atom. The van der Waals surface area contributed by atoms with E-state index in [2.05, 4.69) is 0 Å². The Hall–Kier alpha value is -2.26. The third kappa shape index (κ3) is 2.46. The van der Waals surface area contributed by atoms with Crippen molar-refractivity contribution in [2.75, 3.05) is 0 Å². The second kappa shape index (κ2) is 4.78. The van der Waals surface area contributed by atoms with Crippen molar-refractivity contribution in [3.63, 3.8) is 0 Å². The minimum atomic E-state index is -0.506. The quantitative estimate of drug-likeness (QED) is 0.451. The van der Waals surface area contributed by atoms with Gasteiger partial charge in [-0.15, -0.1) is 0 Å². The van der Waals surface area contributed by atoms with Gasteiger partial charge in [-0.05, 0) is 35.9 Å². The first-order valence-electron chi connectivity index (χ1n) is 5.69. The summed E-state index contributed by atoms with van der Waals surface area (Å²) >= 11 is 5.81. The van der Waals surface area contributed by atoms with E-state index >= 15 is 0 Å². The lowest BCUT2D eigenvalue weighted by molar-refractivity contribution is -0.133. The number of halogens is 1. The second-order valence-electron chi connectivity index (χ2n) is 4.00. The Morgan fingerprint density at radius 1 is 0.895 bits per heavy atom. The van der Waals surface area contributed by atoms with Crippen molar-refractivity contribution in [1.82, 2.24) is 0 Å². The van der Waals surface area contributed by atoms with Gasteiger partial charge in [0.15, 0.2) is 11.5 Å². The number of esters is 1. The van der Waals surface area contributed by atoms with Crippen LogP contribution in [0.5, 0.6) is 11.5 Å². The molecule has 19 heavy (non-hydrogen) atoms. The van der Waals surface area contributed by atoms with Gasteiger partial charge in [0.05, 0.1) is 0 Å². The molecule has 4 heteroatoms. The lowest BCUT2D eigenvalue weighted by Gasteiger charge is -2.18. The first kappa shape index (κ1) is 11.8. The van der Waals surface area contributed by atoms with Crippen LogP contribution >= 0.6 is 11.6 Å². The van der Waals surface area contributed by atoms with Gasteiger partial charge in [-0.1, -0.05) is 35.9 Å². The van der Waals surface area contributed by atoms with Crippen molar-refractivity contribution < 1.29 is 14.3 Å². The van der Waals surface area contributed by atoms with Crippen LogP contribution in [0.25, 0.3) is 6.08 Å². The molecule has 1 aliphatic rings. The number of ether oxygens (including phenoxy) is 2. The van der Waals surface area contributed by atoms with Crippen molar-refractivity contribution >= 4 is 23.6 Å². The molecule has 0 aliphatic carbocycles. The standard InChI is InChI=1S/C15H9ClO3/c16-11-7-5-10(6-8-11)9-14-15(17)19-13-4-2-1-3-12(13)18-14/h1-9H. The highest BCUT2D eigenvalue weighted by Gasteiger charge is 2.23. The fourth-order valence-corrected chi connectivity index (χ4v) is 1.85. The van der Waals surface area contributed by atoms with Gasteiger partial charge >= 0.3 is 5.97 Å². The van der Waals surface area contributed by atoms with Gasteiger partial charge in [0.25, 0.3) is 0 Å². The monoisotopic (exact) mass is 272 g/mol. The van der Waals surface area contributed by atoms with Crippen molar-refractivity contribution in [3.05, 3.63) is 64.9 Å². The number of hydrogen-bond acceptors (Lipinski definition) is 3. The van der Waals surface area contributed by atoms with Crippen molar-refractivity contribution in [1.29, 1.82) is 0 Å². The number of para-hydroxylation sites is 2. The fourth-order valence-electron chi connectivity index (χ4n) is 1.73. The molecule has 0 spiro atoms. The first-order chi connectivity index (χ1) is 9.22. The first-order valence-corrected chi connectivity index (χ1v) is 6.06. The van der Waals surface area contributed by atoms with Crippen molar-refractivity contribution in [3.8, 4) is 11.5 Å². The van der Waals surface area contributed by atoms with Crippen LogP contribution in [0.1, 0.15) is 5.56 Å². The predicted molar refractivity (Wildman–Crippen MR) is 72.1 cm³/mol. The topological polar surface area (TPSA) is 35.5 Å². The molecule has 0 atom stereocenters. The minimum Gasteiger partial charge on any atom is -0.446 e. The average Bonchev–Trinajstić information content (AvgIpc) is 2.42. The van der Waals surface area contributed by atoms with E-state index in [1.165, 1.54) is 0 Å². The van der Waals surface area contributed by atoms with Crippen LogP contribution in [0.15, 0.2) is 54.3 Å². The van der Waals surface area contributed by atoms with Gasteiger partial charge < -0.3 is 9.47 Å². The molecule has 0 unspecified atom stereocenters. The van der Waals surface area contributed by atoms with E-state index in [1.807, 2.05) is 6.07 Å². The molecule has 1 aliphatic heterocycles. The molecule has 1 heterocycles. The zero-order chi connectivity index (χ0) is 13.2. The SMILES string of the molecule is O=C1Oc2ccccc2OC1=Cc1ccc(Cl)cc1. The van der Waals surface area contributed by atoms with Gasteiger partial charge in [-0.2, -0.15) is 0 Å². The summed E-state index contributed by atoms with van der Waals surface area (Å²) in [6.45, 7) is 0. The van der Waals surface area contributed by atoms with E-state index in [9.17, 15) is 4.79 Å². The Morgan fingerprint density at radius 3 is 2.21 bits per heavy atom. The van der Waals surface area contributed by atoms with Gasteiger partial charge in [0, 0.05) is 5.02 Å². The van der Waals surface area contributed by atoms with E-state index in [4.69, 9.17) is 21.1 Å². The smallest absolute Gasteiger partial charge is 0.379 e. The van der Waals surface area contributed by atoms with Crippen molar-refractivity contribution in [2.24, 2.45) is 0 Å². The molecule has 3 rings (SSSR count). The highest BCUT2D eigenvalue weighted by Crippen LogP contribution is 2.33. The van der Waals surface area contributed by atoms with Crippen LogP contribution < -0.4 is 9.47 Å². The summed E-state index contributed by atoms with van der Waals surface area (Å²) in [5.74, 6) is 0.609. The number of hydrogen-bond donors (Lipinski definition) is 0. The Labute approximate surface area is 115 Å². The maximum Gasteiger partial charge on any atom is 0.379 e. The average molecular weight is 273 g/mol. The Kier molecular flexibility index (Phi) is 2.97. The molecule has 0 N–H and O–H groups in total. The normalized spacial score (nSPS) is 15.6. The van der Waals surface area contributed by atoms with E-state index in [0.29, 0.717) is 16.5 Å². The molecular weight excluding hydrogens is 264 g/mol. The summed E-state index contributed by atoms with van der Waals surface area (Å²) in [4.78, 5) is 11.8. The molecule has 94 valence electrons. The van der Waals surface area contributed by atoms with Crippen molar-refractivity contribution in [2.45, 2.75) is 0 Å². The zero-order valence-corrected chi connectivity index (χ0v) is 10.6. The van der Waals surface area contributed by atoms with Crippen LogP contribution in [0.2, 0.25) is 5.02 Å². The highest BCUT2D eigenvalue weighted by molar-refractivity contribution is 6.30. The van der Waals surface area contributed by atoms with E-state index in [-0.39, 0.29) is 5.76 Å². The van der Waals surface area contributed by atoms with Gasteiger partial charge in [-0.25, -0.2) is 4.79 Å². The molecule has 0 radical (unpaired) electrons. The van der Waals surface area contributed by atoms with Gasteiger partial charge in [-0.3, -0.25) is 0 Å². The third-order valence-electron chi connectivity index (χ3n) is 2.64. The summed E-state index contributed by atoms with van der Waals surface area (Å²) in [7, 11) is 0. The Bertz CT molecular complexity index is 659. The molecule has 0 saturated carbocycles. The summed E-state index contributed by atoms with van der Waals surface area (Å²) in [6.07, 6.45) is 1.62. The van der Waals surface area contributed by atoms with Crippen LogP contribution in [-0.2, 0) is 4.79 Å². The number of rotatable bonds is 1. The lowest BCUT2D eigenvalue weighted by atomic mass is 10.2. The predicted octanol–water partition coefficient (Wildman–Crippen LogP) is 3.68. The van der Waals surface area contributed by atoms with E-state index < -0.39 is 5.97 Å². The molecule has 0 saturated heterocycles. The molecule has 3 nitrogen and oxygen atoms in total. The maximum absolute atomic E-state index is 11.8. The molecule has 0 amide bonds. The largest absolute Gasteiger partial charge is 0.446 e. The molecule has 2 aromatic carbocycles. The molecule has 0 bridgehead atoms. The highest BCUT2D eigenvalue weighted by atomic mass is 35.5. The van der Waals surface area contributed by atoms with Crippen LogP contribution in [0, 0.1) is 0 Å². The second-order valence-corrected chi connectivity index (χ2v) is 4.43. The molecular formula is C15H9ClO3. The van der Waals surface area contributed by atoms with Gasteiger partial charge in [0.1, 0.15) is 0 Å². The van der Waals surface area contributed by atoms with Crippen LogP contribution in [0.4, 0.5) is 0 Å². The minimum absolute atomic E-state index is 0.154. The summed E-state index contributed by atoms with van der Waals surface area (Å²) in [5.41, 5.74) is 0.815. The number of carbonyl (C=O) groups excluding carboxylic acids is 1. The van der Waals surface area contributed by atoms with Gasteiger partial charge in [0.2, 0.25) is 5.76 Å². The lowest BCUT2D eigenvalue weighted by Crippen LogP contribution is -2.20. The summed E-state index contributed by atoms with van der Waals surface area (Å²) in [6, 6.07) is 14.1. The summed E-state index contributed by atoms with van der Waals surface area (Å²) < 4.78 is 10.7. The zero-order valence-electron chi connectivity index (χ0n) is 9.80. The maximum atomic E-state index is 11.8.